The SMILES string of the molecule is NC1(C(=O)Nc2cnn(Cc3ccccc3)c2)CCOC1. The molecule has 0 bridgehead atoms. The molecule has 2 aromatic rings. The molecule has 1 unspecified atom stereocenters. The number of amides is 1. The number of anilines is 1. The van der Waals surface area contributed by atoms with E-state index in [1.165, 1.54) is 0 Å². The van der Waals surface area contributed by atoms with Gasteiger partial charge in [0.25, 0.3) is 0 Å². The molecule has 3 rings (SSSR count). The molecule has 0 aliphatic carbocycles. The van der Waals surface area contributed by atoms with Crippen molar-refractivity contribution in [3.8, 4) is 0 Å². The second-order valence-corrected chi connectivity index (χ2v) is 5.33. The number of carbonyl (C=O) groups excluding carboxylic acids is 1. The van der Waals surface area contributed by atoms with E-state index in [1.54, 1.807) is 17.1 Å². The molecule has 1 atom stereocenters. The number of aromatic nitrogens is 2. The van der Waals surface area contributed by atoms with Crippen LogP contribution in [0.15, 0.2) is 42.7 Å². The lowest BCUT2D eigenvalue weighted by Gasteiger charge is -2.19. The van der Waals surface area contributed by atoms with E-state index >= 15 is 0 Å². The highest BCUT2D eigenvalue weighted by Gasteiger charge is 2.38. The van der Waals surface area contributed by atoms with Crippen LogP contribution in [0.1, 0.15) is 12.0 Å². The Labute approximate surface area is 122 Å². The standard InChI is InChI=1S/C15H18N4O2/c16-15(6-7-21-11-15)14(20)18-13-8-17-19(10-13)9-12-4-2-1-3-5-12/h1-5,8,10H,6-7,9,11,16H2,(H,18,20). The largest absolute Gasteiger partial charge is 0.379 e. The number of benzene rings is 1. The monoisotopic (exact) mass is 286 g/mol. The molecule has 1 aromatic carbocycles. The van der Waals surface area contributed by atoms with Crippen molar-refractivity contribution < 1.29 is 9.53 Å². The number of nitrogens with one attached hydrogen (secondary N) is 1. The molecule has 0 radical (unpaired) electrons. The molecule has 1 saturated heterocycles. The number of rotatable bonds is 4. The number of ether oxygens (including phenoxy) is 1. The predicted molar refractivity (Wildman–Crippen MR) is 78.8 cm³/mol. The summed E-state index contributed by atoms with van der Waals surface area (Å²) in [5.41, 5.74) is 6.88. The van der Waals surface area contributed by atoms with Gasteiger partial charge >= 0.3 is 0 Å². The average molecular weight is 286 g/mol. The second-order valence-electron chi connectivity index (χ2n) is 5.33. The van der Waals surface area contributed by atoms with Gasteiger partial charge in [-0.3, -0.25) is 9.48 Å². The van der Waals surface area contributed by atoms with Crippen LogP contribution in [0.5, 0.6) is 0 Å². The van der Waals surface area contributed by atoms with Crippen molar-refractivity contribution >= 4 is 11.6 Å². The topological polar surface area (TPSA) is 82.2 Å². The highest BCUT2D eigenvalue weighted by Crippen LogP contribution is 2.18. The first-order valence-electron chi connectivity index (χ1n) is 6.90. The van der Waals surface area contributed by atoms with Gasteiger partial charge in [-0.25, -0.2) is 0 Å². The molecule has 0 saturated carbocycles. The van der Waals surface area contributed by atoms with Crippen molar-refractivity contribution in [3.63, 3.8) is 0 Å². The summed E-state index contributed by atoms with van der Waals surface area (Å²) in [4.78, 5) is 12.2. The van der Waals surface area contributed by atoms with Crippen LogP contribution in [0.4, 0.5) is 5.69 Å². The lowest BCUT2D eigenvalue weighted by atomic mass is 9.99. The Morgan fingerprint density at radius 1 is 1.43 bits per heavy atom. The zero-order valence-corrected chi connectivity index (χ0v) is 11.7. The van der Waals surface area contributed by atoms with Gasteiger partial charge in [-0.2, -0.15) is 5.10 Å². The lowest BCUT2D eigenvalue weighted by Crippen LogP contribution is -2.51. The Morgan fingerprint density at radius 3 is 2.95 bits per heavy atom. The number of carbonyl (C=O) groups is 1. The summed E-state index contributed by atoms with van der Waals surface area (Å²) < 4.78 is 6.97. The molecule has 1 aliphatic rings. The van der Waals surface area contributed by atoms with Crippen molar-refractivity contribution in [2.75, 3.05) is 18.5 Å². The fourth-order valence-electron chi connectivity index (χ4n) is 2.30. The van der Waals surface area contributed by atoms with Crippen LogP contribution < -0.4 is 11.1 Å². The summed E-state index contributed by atoms with van der Waals surface area (Å²) in [5.74, 6) is -0.223. The van der Waals surface area contributed by atoms with E-state index in [0.29, 0.717) is 25.3 Å². The van der Waals surface area contributed by atoms with Crippen molar-refractivity contribution in [3.05, 3.63) is 48.3 Å². The molecule has 1 amide bonds. The molecule has 1 aromatic heterocycles. The van der Waals surface area contributed by atoms with E-state index < -0.39 is 5.54 Å². The third-order valence-electron chi connectivity index (χ3n) is 3.58. The maximum absolute atomic E-state index is 12.2. The zero-order chi connectivity index (χ0) is 14.7. The Bertz CT molecular complexity index is 618. The van der Waals surface area contributed by atoms with Gasteiger partial charge in [-0.15, -0.1) is 0 Å². The third kappa shape index (κ3) is 3.12. The Kier molecular flexibility index (Phi) is 3.72. The van der Waals surface area contributed by atoms with Gasteiger partial charge in [0.15, 0.2) is 0 Å². The Hall–Kier alpha value is -2.18. The van der Waals surface area contributed by atoms with Gasteiger partial charge in [0, 0.05) is 12.8 Å². The van der Waals surface area contributed by atoms with Crippen molar-refractivity contribution in [2.45, 2.75) is 18.5 Å². The predicted octanol–water partition coefficient (Wildman–Crippen LogP) is 0.988. The number of nitrogens with two attached hydrogens (primary N) is 1. The molecule has 6 heteroatoms. The van der Waals surface area contributed by atoms with E-state index in [2.05, 4.69) is 10.4 Å². The van der Waals surface area contributed by atoms with Gasteiger partial charge in [-0.1, -0.05) is 30.3 Å². The van der Waals surface area contributed by atoms with Crippen LogP contribution in [0.25, 0.3) is 0 Å². The summed E-state index contributed by atoms with van der Waals surface area (Å²) in [7, 11) is 0. The third-order valence-corrected chi connectivity index (χ3v) is 3.58. The summed E-state index contributed by atoms with van der Waals surface area (Å²) in [6, 6.07) is 10.0. The molecule has 1 aliphatic heterocycles. The van der Waals surface area contributed by atoms with E-state index in [0.717, 1.165) is 5.56 Å². The van der Waals surface area contributed by atoms with Gasteiger partial charge < -0.3 is 15.8 Å². The first-order chi connectivity index (χ1) is 10.2. The fourth-order valence-corrected chi connectivity index (χ4v) is 2.30. The summed E-state index contributed by atoms with van der Waals surface area (Å²) in [6.07, 6.45) is 3.96. The van der Waals surface area contributed by atoms with E-state index in [1.807, 2.05) is 30.3 Å². The highest BCUT2D eigenvalue weighted by molar-refractivity contribution is 5.98. The summed E-state index contributed by atoms with van der Waals surface area (Å²) >= 11 is 0. The van der Waals surface area contributed by atoms with Gasteiger partial charge in [0.2, 0.25) is 5.91 Å². The molecule has 3 N–H and O–H groups in total. The molecule has 0 spiro atoms. The Morgan fingerprint density at radius 2 is 2.24 bits per heavy atom. The molecule has 6 nitrogen and oxygen atoms in total. The molecular weight excluding hydrogens is 268 g/mol. The van der Waals surface area contributed by atoms with Gasteiger partial charge in [-0.05, 0) is 12.0 Å². The highest BCUT2D eigenvalue weighted by atomic mass is 16.5. The smallest absolute Gasteiger partial charge is 0.247 e. The molecule has 110 valence electrons. The summed E-state index contributed by atoms with van der Waals surface area (Å²) in [5, 5.41) is 7.05. The van der Waals surface area contributed by atoms with Crippen molar-refractivity contribution in [2.24, 2.45) is 5.73 Å². The molecular formula is C15H18N4O2. The van der Waals surface area contributed by atoms with Gasteiger partial charge in [0.1, 0.15) is 5.54 Å². The van der Waals surface area contributed by atoms with Crippen LogP contribution in [0.2, 0.25) is 0 Å². The number of nitrogens with zero attached hydrogens (tertiary/aromatic N) is 2. The van der Waals surface area contributed by atoms with Crippen LogP contribution in [-0.2, 0) is 16.1 Å². The van der Waals surface area contributed by atoms with Crippen LogP contribution in [0, 0.1) is 0 Å². The quantitative estimate of drug-likeness (QED) is 0.878. The fraction of sp³-hybridized carbons (Fsp3) is 0.333. The van der Waals surface area contributed by atoms with Crippen LogP contribution >= 0.6 is 0 Å². The zero-order valence-electron chi connectivity index (χ0n) is 11.7. The van der Waals surface area contributed by atoms with Crippen LogP contribution in [-0.4, -0.2) is 34.4 Å². The Balaban J connectivity index is 1.64. The minimum atomic E-state index is -0.929. The van der Waals surface area contributed by atoms with E-state index in [9.17, 15) is 4.79 Å². The van der Waals surface area contributed by atoms with E-state index in [4.69, 9.17) is 10.5 Å². The van der Waals surface area contributed by atoms with E-state index in [-0.39, 0.29) is 12.5 Å². The molecule has 21 heavy (non-hydrogen) atoms. The maximum atomic E-state index is 12.2. The maximum Gasteiger partial charge on any atom is 0.247 e. The number of hydrogen-bond acceptors (Lipinski definition) is 4. The van der Waals surface area contributed by atoms with Crippen LogP contribution in [0.3, 0.4) is 0 Å². The van der Waals surface area contributed by atoms with Crippen molar-refractivity contribution in [1.82, 2.24) is 9.78 Å². The minimum Gasteiger partial charge on any atom is -0.379 e. The second kappa shape index (κ2) is 5.67. The van der Waals surface area contributed by atoms with Gasteiger partial charge in [0.05, 0.1) is 25.0 Å². The number of hydrogen-bond donors (Lipinski definition) is 2. The summed E-state index contributed by atoms with van der Waals surface area (Å²) in [6.45, 7) is 1.45. The lowest BCUT2D eigenvalue weighted by molar-refractivity contribution is -0.121. The molecule has 2 heterocycles. The average Bonchev–Trinajstić information content (AvgIpc) is 3.10. The first-order valence-corrected chi connectivity index (χ1v) is 6.90. The normalized spacial score (nSPS) is 21.4. The first kappa shape index (κ1) is 13.8. The minimum absolute atomic E-state index is 0.223. The molecule has 1 fully saturated rings. The van der Waals surface area contributed by atoms with Crippen molar-refractivity contribution in [1.29, 1.82) is 0 Å².